The van der Waals surface area contributed by atoms with Gasteiger partial charge in [0.1, 0.15) is 0 Å². The lowest BCUT2D eigenvalue weighted by atomic mass is 9.98. The third kappa shape index (κ3) is 1.55. The molecule has 0 fully saturated rings. The Morgan fingerprint density at radius 1 is 0.429 bits per heavy atom. The van der Waals surface area contributed by atoms with Gasteiger partial charge in [0, 0.05) is 0 Å². The van der Waals surface area contributed by atoms with Crippen LogP contribution in [0.3, 0.4) is 0 Å². The van der Waals surface area contributed by atoms with E-state index >= 15 is 0 Å². The summed E-state index contributed by atoms with van der Waals surface area (Å²) in [6.07, 6.45) is 0. The molecule has 7 aromatic rings. The van der Waals surface area contributed by atoms with Crippen LogP contribution < -0.4 is 0 Å². The molecule has 7 aromatic carbocycles. The average molecular weight is 354 g/mol. The maximum atomic E-state index is 2.43. The van der Waals surface area contributed by atoms with Crippen LogP contribution in [0.4, 0.5) is 0 Å². The largest absolute Gasteiger partial charge is 0.0616 e. The lowest BCUT2D eigenvalue weighted by Crippen LogP contribution is -1.79. The summed E-state index contributed by atoms with van der Waals surface area (Å²) in [6, 6.07) is 27.4. The number of benzene rings is 5. The molecule has 0 saturated heterocycles. The van der Waals surface area contributed by atoms with Crippen molar-refractivity contribution in [2.24, 2.45) is 0 Å². The highest BCUT2D eigenvalue weighted by atomic mass is 14.2. The van der Waals surface area contributed by atoms with Crippen molar-refractivity contribution in [3.05, 3.63) is 83.9 Å². The second-order valence-electron chi connectivity index (χ2n) is 8.29. The van der Waals surface area contributed by atoms with Gasteiger partial charge in [0.25, 0.3) is 0 Å². The zero-order valence-corrected chi connectivity index (χ0v) is 15.9. The minimum absolute atomic E-state index is 1.33. The first kappa shape index (κ1) is 14.6. The fraction of sp³-hybridized carbons (Fsp3) is 0.0714. The van der Waals surface area contributed by atoms with Gasteiger partial charge in [-0.1, -0.05) is 66.7 Å². The van der Waals surface area contributed by atoms with E-state index in [-0.39, 0.29) is 0 Å². The smallest absolute Gasteiger partial charge is 0.000775 e. The quantitative estimate of drug-likeness (QED) is 0.258. The summed E-state index contributed by atoms with van der Waals surface area (Å²) in [5.41, 5.74) is 2.70. The monoisotopic (exact) mass is 354 g/mol. The Kier molecular flexibility index (Phi) is 2.47. The van der Waals surface area contributed by atoms with Crippen molar-refractivity contribution in [3.63, 3.8) is 0 Å². The third-order valence-corrected chi connectivity index (χ3v) is 6.66. The average Bonchev–Trinajstić information content (AvgIpc) is 3.21. The second-order valence-corrected chi connectivity index (χ2v) is 8.29. The van der Waals surface area contributed by atoms with Crippen LogP contribution >= 0.6 is 0 Å². The minimum Gasteiger partial charge on any atom is -0.0616 e. The fourth-order valence-electron chi connectivity index (χ4n) is 5.61. The van der Waals surface area contributed by atoms with Crippen molar-refractivity contribution in [2.75, 3.05) is 0 Å². The molecule has 0 N–H and O–H groups in total. The number of rotatable bonds is 0. The van der Waals surface area contributed by atoms with Crippen molar-refractivity contribution in [1.82, 2.24) is 0 Å². The highest BCUT2D eigenvalue weighted by Gasteiger charge is 2.20. The molecule has 0 spiro atoms. The van der Waals surface area contributed by atoms with Crippen LogP contribution in [-0.4, -0.2) is 0 Å². The highest BCUT2D eigenvalue weighted by molar-refractivity contribution is 6.45. The molecular formula is C28H18. The van der Waals surface area contributed by atoms with Gasteiger partial charge in [-0.25, -0.2) is 0 Å². The Bertz CT molecular complexity index is 1720. The molecule has 0 radical (unpaired) electrons. The molecule has 0 nitrogen and oxygen atoms in total. The molecule has 28 heavy (non-hydrogen) atoms. The maximum absolute atomic E-state index is 2.43. The lowest BCUT2D eigenvalue weighted by molar-refractivity contribution is 1.52. The lowest BCUT2D eigenvalue weighted by Gasteiger charge is -2.05. The molecule has 0 amide bonds. The first-order valence-corrected chi connectivity index (χ1v) is 9.96. The summed E-state index contributed by atoms with van der Waals surface area (Å²) in [5.74, 6) is 0. The Labute approximate surface area is 162 Å². The predicted octanol–water partition coefficient (Wildman–Crippen LogP) is 8.10. The maximum Gasteiger partial charge on any atom is -0.000775 e. The summed E-state index contributed by atoms with van der Waals surface area (Å²) in [7, 11) is 0. The first-order chi connectivity index (χ1) is 13.7. The van der Waals surface area contributed by atoms with Crippen molar-refractivity contribution in [2.45, 2.75) is 13.8 Å². The fourth-order valence-corrected chi connectivity index (χ4v) is 5.61. The topological polar surface area (TPSA) is 0 Å². The van der Waals surface area contributed by atoms with Gasteiger partial charge in [-0.05, 0) is 95.7 Å². The van der Waals surface area contributed by atoms with Gasteiger partial charge in [0.15, 0.2) is 0 Å². The van der Waals surface area contributed by atoms with Crippen LogP contribution in [0.2, 0.25) is 0 Å². The Morgan fingerprint density at radius 3 is 1.96 bits per heavy atom. The number of hydrogen-bond donors (Lipinski definition) is 0. The Balaban J connectivity index is 1.98. The van der Waals surface area contributed by atoms with E-state index in [0.29, 0.717) is 0 Å². The summed E-state index contributed by atoms with van der Waals surface area (Å²) in [4.78, 5) is 0. The Morgan fingerprint density at radius 2 is 1.07 bits per heavy atom. The minimum atomic E-state index is 1.33. The van der Waals surface area contributed by atoms with E-state index in [2.05, 4.69) is 86.6 Å². The zero-order chi connectivity index (χ0) is 18.6. The van der Waals surface area contributed by atoms with Crippen LogP contribution in [0.25, 0.3) is 64.6 Å². The predicted molar refractivity (Wildman–Crippen MR) is 123 cm³/mol. The van der Waals surface area contributed by atoms with Crippen molar-refractivity contribution in [3.8, 4) is 0 Å². The molecule has 0 heteroatoms. The van der Waals surface area contributed by atoms with Gasteiger partial charge in [-0.15, -0.1) is 0 Å². The molecule has 0 atom stereocenters. The molecule has 7 rings (SSSR count). The van der Waals surface area contributed by atoms with Crippen LogP contribution in [0.5, 0.6) is 0 Å². The van der Waals surface area contributed by atoms with E-state index in [4.69, 9.17) is 0 Å². The molecule has 0 aliphatic rings. The third-order valence-electron chi connectivity index (χ3n) is 6.66. The summed E-state index contributed by atoms with van der Waals surface area (Å²) in [5, 5.41) is 16.8. The zero-order valence-electron chi connectivity index (χ0n) is 15.9. The molecule has 0 unspecified atom stereocenters. The van der Waals surface area contributed by atoms with E-state index in [1.807, 2.05) is 0 Å². The molecule has 130 valence electrons. The van der Waals surface area contributed by atoms with Gasteiger partial charge in [0.05, 0.1) is 0 Å². The van der Waals surface area contributed by atoms with Crippen LogP contribution in [0.15, 0.2) is 72.8 Å². The van der Waals surface area contributed by atoms with E-state index in [1.54, 1.807) is 0 Å². The molecule has 0 heterocycles. The standard InChI is InChI=1S/C28H18/c1-15-12-18-11-10-16(2)24-26(18)22(13-15)23-14-17-6-5-9-20-19-7-3-4-8-21(19)27(25(17)20)28(23)24/h3-14H,1-2H3. The van der Waals surface area contributed by atoms with Crippen molar-refractivity contribution < 1.29 is 0 Å². The molecule has 0 bridgehead atoms. The highest BCUT2D eigenvalue weighted by Crippen LogP contribution is 2.49. The molecule has 0 aliphatic carbocycles. The number of hydrogen-bond acceptors (Lipinski definition) is 0. The van der Waals surface area contributed by atoms with E-state index in [9.17, 15) is 0 Å². The summed E-state index contributed by atoms with van der Waals surface area (Å²) in [6.45, 7) is 4.47. The summed E-state index contributed by atoms with van der Waals surface area (Å²) >= 11 is 0. The van der Waals surface area contributed by atoms with Crippen LogP contribution in [-0.2, 0) is 0 Å². The molecule has 0 saturated carbocycles. The molecule has 0 aromatic heterocycles. The molecule has 0 aliphatic heterocycles. The van der Waals surface area contributed by atoms with E-state index < -0.39 is 0 Å². The normalized spacial score (nSPS) is 12.6. The second kappa shape index (κ2) is 4.72. The SMILES string of the molecule is Cc1cc2ccc(C)c3c2c(c1)c1cc2cccc4c5ccccc5c(c24)c13. The first-order valence-electron chi connectivity index (χ1n) is 9.96. The van der Waals surface area contributed by atoms with Crippen LogP contribution in [0.1, 0.15) is 11.1 Å². The Hall–Kier alpha value is -3.38. The van der Waals surface area contributed by atoms with Gasteiger partial charge in [-0.2, -0.15) is 0 Å². The van der Waals surface area contributed by atoms with Crippen molar-refractivity contribution in [1.29, 1.82) is 0 Å². The van der Waals surface area contributed by atoms with Crippen molar-refractivity contribution >= 4 is 64.6 Å². The van der Waals surface area contributed by atoms with E-state index in [0.717, 1.165) is 0 Å². The van der Waals surface area contributed by atoms with Gasteiger partial charge < -0.3 is 0 Å². The van der Waals surface area contributed by atoms with Gasteiger partial charge in [-0.3, -0.25) is 0 Å². The van der Waals surface area contributed by atoms with E-state index in [1.165, 1.54) is 75.8 Å². The molecular weight excluding hydrogens is 336 g/mol. The summed E-state index contributed by atoms with van der Waals surface area (Å²) < 4.78 is 0. The van der Waals surface area contributed by atoms with Crippen LogP contribution in [0, 0.1) is 13.8 Å². The van der Waals surface area contributed by atoms with Gasteiger partial charge >= 0.3 is 0 Å². The van der Waals surface area contributed by atoms with Gasteiger partial charge in [0.2, 0.25) is 0 Å². The number of aryl methyl sites for hydroxylation is 2. The number of fused-ring (bicyclic) bond motifs is 7.